The van der Waals surface area contributed by atoms with Crippen LogP contribution in [0.15, 0.2) is 29.0 Å². The molecule has 0 unspecified atom stereocenters. The fourth-order valence-corrected chi connectivity index (χ4v) is 4.72. The van der Waals surface area contributed by atoms with E-state index in [1.54, 1.807) is 12.1 Å². The lowest BCUT2D eigenvalue weighted by atomic mass is 10.3. The maximum atomic E-state index is 12.5. The Bertz CT molecular complexity index is 494. The van der Waals surface area contributed by atoms with E-state index in [0.717, 1.165) is 24.3 Å². The third kappa shape index (κ3) is 4.42. The van der Waals surface area contributed by atoms with Gasteiger partial charge in [-0.3, -0.25) is 0 Å². The number of hydrogen-bond donors (Lipinski definition) is 1. The second-order valence-corrected chi connectivity index (χ2v) is 7.56. The van der Waals surface area contributed by atoms with Gasteiger partial charge < -0.3 is 5.32 Å². The van der Waals surface area contributed by atoms with Crippen LogP contribution in [0.2, 0.25) is 0 Å². The minimum absolute atomic E-state index is 0.361. The van der Waals surface area contributed by atoms with Gasteiger partial charge in [0.15, 0.2) is 0 Å². The van der Waals surface area contributed by atoms with Gasteiger partial charge in [-0.05, 0) is 38.6 Å². The summed E-state index contributed by atoms with van der Waals surface area (Å²) in [7, 11) is -1.48. The molecule has 0 fully saturated rings. The minimum atomic E-state index is -3.37. The highest BCUT2D eigenvalue weighted by atomic mass is 32.2. The Morgan fingerprint density at radius 1 is 1.47 bits per heavy atom. The Labute approximate surface area is 120 Å². The summed E-state index contributed by atoms with van der Waals surface area (Å²) in [5.41, 5.74) is 0. The Balaban J connectivity index is 2.90. The van der Waals surface area contributed by atoms with Gasteiger partial charge in [-0.2, -0.15) is 4.31 Å². The molecule has 0 saturated heterocycles. The molecule has 0 aromatic carbocycles. The molecule has 1 aromatic rings. The molecule has 0 amide bonds. The molecule has 0 spiro atoms. The third-order valence-electron chi connectivity index (χ3n) is 2.66. The zero-order valence-electron chi connectivity index (χ0n) is 11.6. The second kappa shape index (κ2) is 7.79. The smallest absolute Gasteiger partial charge is 0.252 e. The molecule has 1 heterocycles. The van der Waals surface area contributed by atoms with Gasteiger partial charge >= 0.3 is 0 Å². The Morgan fingerprint density at radius 3 is 2.79 bits per heavy atom. The van der Waals surface area contributed by atoms with Crippen molar-refractivity contribution in [2.24, 2.45) is 0 Å². The quantitative estimate of drug-likeness (QED) is 0.711. The molecule has 0 aliphatic heterocycles. The van der Waals surface area contributed by atoms with Crippen LogP contribution < -0.4 is 5.32 Å². The van der Waals surface area contributed by atoms with Crippen molar-refractivity contribution in [3.05, 3.63) is 29.7 Å². The van der Waals surface area contributed by atoms with Crippen LogP contribution in [0.5, 0.6) is 0 Å². The predicted molar refractivity (Wildman–Crippen MR) is 81.2 cm³/mol. The highest BCUT2D eigenvalue weighted by Gasteiger charge is 2.24. The Morgan fingerprint density at radius 2 is 2.21 bits per heavy atom. The molecule has 1 aromatic heterocycles. The number of likely N-dealkylation sites (N-methyl/N-ethyl adjacent to an activating group) is 1. The average Bonchev–Trinajstić information content (AvgIpc) is 2.85. The van der Waals surface area contributed by atoms with Crippen molar-refractivity contribution < 1.29 is 8.42 Å². The average molecular weight is 302 g/mol. The maximum absolute atomic E-state index is 12.5. The summed E-state index contributed by atoms with van der Waals surface area (Å²) in [6, 6.07) is 3.60. The first-order valence-corrected chi connectivity index (χ1v) is 8.66. The van der Waals surface area contributed by atoms with Crippen LogP contribution in [0.3, 0.4) is 0 Å². The zero-order chi connectivity index (χ0) is 14.3. The fraction of sp³-hybridized carbons (Fsp3) is 0.538. The molecule has 0 aliphatic rings. The summed E-state index contributed by atoms with van der Waals surface area (Å²) in [4.78, 5) is 1.09. The molecule has 0 aliphatic carbocycles. The molecular weight excluding hydrogens is 280 g/mol. The first-order valence-electron chi connectivity index (χ1n) is 6.40. The summed E-state index contributed by atoms with van der Waals surface area (Å²) in [6.45, 7) is 7.33. The van der Waals surface area contributed by atoms with Gasteiger partial charge in [0.1, 0.15) is 4.21 Å². The van der Waals surface area contributed by atoms with Crippen LogP contribution in [0.1, 0.15) is 18.2 Å². The van der Waals surface area contributed by atoms with Gasteiger partial charge in [0.2, 0.25) is 0 Å². The standard InChI is InChI=1S/C13H22N2O2S2/c1-4-10-15(11-5-2)19(16,17)13-7-6-12(18-13)8-9-14-3/h4,6-7,14H,1,5,8-11H2,2-3H3. The Kier molecular flexibility index (Phi) is 6.71. The molecule has 1 N–H and O–H groups in total. The van der Waals surface area contributed by atoms with E-state index in [1.807, 2.05) is 20.0 Å². The lowest BCUT2D eigenvalue weighted by Gasteiger charge is -2.18. The molecular formula is C13H22N2O2S2. The highest BCUT2D eigenvalue weighted by molar-refractivity contribution is 7.91. The van der Waals surface area contributed by atoms with E-state index in [9.17, 15) is 8.42 Å². The lowest BCUT2D eigenvalue weighted by molar-refractivity contribution is 0.443. The second-order valence-electron chi connectivity index (χ2n) is 4.23. The zero-order valence-corrected chi connectivity index (χ0v) is 13.2. The molecule has 19 heavy (non-hydrogen) atoms. The molecule has 1 rings (SSSR count). The Hall–Kier alpha value is -0.690. The number of hydrogen-bond acceptors (Lipinski definition) is 4. The van der Waals surface area contributed by atoms with Crippen LogP contribution in [0, 0.1) is 0 Å². The van der Waals surface area contributed by atoms with Crippen LogP contribution in [-0.4, -0.2) is 39.4 Å². The molecule has 4 nitrogen and oxygen atoms in total. The van der Waals surface area contributed by atoms with E-state index >= 15 is 0 Å². The summed E-state index contributed by atoms with van der Waals surface area (Å²) in [6.07, 6.45) is 3.28. The summed E-state index contributed by atoms with van der Waals surface area (Å²) in [5, 5.41) is 3.06. The van der Waals surface area contributed by atoms with Crippen molar-refractivity contribution in [1.29, 1.82) is 0 Å². The van der Waals surface area contributed by atoms with Gasteiger partial charge in [0.05, 0.1) is 0 Å². The van der Waals surface area contributed by atoms with Crippen molar-refractivity contribution in [3.63, 3.8) is 0 Å². The molecule has 0 radical (unpaired) electrons. The molecule has 0 atom stereocenters. The van der Waals surface area contributed by atoms with Gasteiger partial charge in [0, 0.05) is 18.0 Å². The number of rotatable bonds is 9. The van der Waals surface area contributed by atoms with Gasteiger partial charge in [-0.15, -0.1) is 17.9 Å². The first-order chi connectivity index (χ1) is 9.06. The summed E-state index contributed by atoms with van der Waals surface area (Å²) >= 11 is 1.36. The van der Waals surface area contributed by atoms with E-state index in [0.29, 0.717) is 17.3 Å². The minimum Gasteiger partial charge on any atom is -0.319 e. The van der Waals surface area contributed by atoms with E-state index in [-0.39, 0.29) is 0 Å². The van der Waals surface area contributed by atoms with Gasteiger partial charge in [-0.25, -0.2) is 8.42 Å². The van der Waals surface area contributed by atoms with Crippen molar-refractivity contribution in [1.82, 2.24) is 9.62 Å². The number of thiophene rings is 1. The van der Waals surface area contributed by atoms with Crippen molar-refractivity contribution in [3.8, 4) is 0 Å². The maximum Gasteiger partial charge on any atom is 0.252 e. The van der Waals surface area contributed by atoms with Crippen LogP contribution in [0.4, 0.5) is 0 Å². The van der Waals surface area contributed by atoms with Crippen LogP contribution in [0.25, 0.3) is 0 Å². The van der Waals surface area contributed by atoms with Crippen molar-refractivity contribution in [2.75, 3.05) is 26.7 Å². The molecule has 108 valence electrons. The fourth-order valence-electron chi connectivity index (χ4n) is 1.71. The SMILES string of the molecule is C=CCN(CCC)S(=O)(=O)c1ccc(CCNC)s1. The normalized spacial score (nSPS) is 11.9. The van der Waals surface area contributed by atoms with Gasteiger partial charge in [-0.1, -0.05) is 13.0 Å². The van der Waals surface area contributed by atoms with Crippen molar-refractivity contribution in [2.45, 2.75) is 24.0 Å². The van der Waals surface area contributed by atoms with Crippen molar-refractivity contribution >= 4 is 21.4 Å². The highest BCUT2D eigenvalue weighted by Crippen LogP contribution is 2.25. The molecule has 6 heteroatoms. The number of nitrogens with one attached hydrogen (secondary N) is 1. The van der Waals surface area contributed by atoms with E-state index in [2.05, 4.69) is 11.9 Å². The van der Waals surface area contributed by atoms with E-state index in [4.69, 9.17) is 0 Å². The van der Waals surface area contributed by atoms with Crippen LogP contribution in [-0.2, 0) is 16.4 Å². The summed E-state index contributed by atoms with van der Waals surface area (Å²) in [5.74, 6) is 0. The summed E-state index contributed by atoms with van der Waals surface area (Å²) < 4.78 is 26.8. The van der Waals surface area contributed by atoms with E-state index < -0.39 is 10.0 Å². The number of sulfonamides is 1. The van der Waals surface area contributed by atoms with Gasteiger partial charge in [0.25, 0.3) is 10.0 Å². The monoisotopic (exact) mass is 302 g/mol. The largest absolute Gasteiger partial charge is 0.319 e. The topological polar surface area (TPSA) is 49.4 Å². The third-order valence-corrected chi connectivity index (χ3v) is 6.14. The van der Waals surface area contributed by atoms with E-state index in [1.165, 1.54) is 15.6 Å². The predicted octanol–water partition coefficient (Wildman–Crippen LogP) is 2.10. The van der Waals surface area contributed by atoms with Crippen LogP contribution >= 0.6 is 11.3 Å². The lowest BCUT2D eigenvalue weighted by Crippen LogP contribution is -2.31. The first kappa shape index (κ1) is 16.4. The molecule has 0 saturated carbocycles. The molecule has 0 bridgehead atoms. The number of nitrogens with zero attached hydrogens (tertiary/aromatic N) is 1.